The van der Waals surface area contributed by atoms with Crippen molar-refractivity contribution in [1.29, 1.82) is 0 Å². The lowest BCUT2D eigenvalue weighted by Gasteiger charge is -2.27. The van der Waals surface area contributed by atoms with Gasteiger partial charge >= 0.3 is 0 Å². The minimum Gasteiger partial charge on any atom is -0.393 e. The molecule has 3 nitrogen and oxygen atoms in total. The van der Waals surface area contributed by atoms with Crippen LogP contribution >= 0.6 is 11.6 Å². The molecule has 1 aromatic rings. The zero-order valence-corrected chi connectivity index (χ0v) is 12.6. The molecule has 0 unspecified atom stereocenters. The average molecular weight is 296 g/mol. The van der Waals surface area contributed by atoms with E-state index >= 15 is 0 Å². The molecule has 1 fully saturated rings. The van der Waals surface area contributed by atoms with Gasteiger partial charge in [0.25, 0.3) is 0 Å². The quantitative estimate of drug-likeness (QED) is 0.878. The molecule has 0 radical (unpaired) electrons. The van der Waals surface area contributed by atoms with Gasteiger partial charge in [0.05, 0.1) is 12.0 Å². The van der Waals surface area contributed by atoms with Gasteiger partial charge in [-0.05, 0) is 50.3 Å². The van der Waals surface area contributed by atoms with Crippen molar-refractivity contribution in [3.05, 3.63) is 34.9 Å². The second-order valence-corrected chi connectivity index (χ2v) is 6.06. The van der Waals surface area contributed by atoms with Crippen LogP contribution in [-0.4, -0.2) is 29.6 Å². The third kappa shape index (κ3) is 4.30. The highest BCUT2D eigenvalue weighted by Crippen LogP contribution is 2.22. The largest absolute Gasteiger partial charge is 0.393 e. The Bertz CT molecular complexity index is 438. The number of hydrogen-bond donors (Lipinski definition) is 2. The SMILES string of the molecule is CC(=O)[C@H](CNC1CCC(O)CC1)c1ccc(Cl)cc1. The molecule has 20 heavy (non-hydrogen) atoms. The maximum atomic E-state index is 11.8. The number of carbonyl (C=O) groups excluding carboxylic acids is 1. The first-order valence-corrected chi connectivity index (χ1v) is 7.61. The van der Waals surface area contributed by atoms with Crippen molar-refractivity contribution in [3.8, 4) is 0 Å². The molecule has 1 saturated carbocycles. The summed E-state index contributed by atoms with van der Waals surface area (Å²) in [4.78, 5) is 11.8. The molecule has 1 aromatic carbocycles. The number of halogens is 1. The third-order valence-corrected chi connectivity index (χ3v) is 4.32. The number of rotatable bonds is 5. The lowest BCUT2D eigenvalue weighted by molar-refractivity contribution is -0.118. The van der Waals surface area contributed by atoms with Crippen LogP contribution in [0.15, 0.2) is 24.3 Å². The number of hydrogen-bond acceptors (Lipinski definition) is 3. The molecule has 0 bridgehead atoms. The molecule has 0 saturated heterocycles. The number of aliphatic hydroxyl groups excluding tert-OH is 1. The molecule has 110 valence electrons. The van der Waals surface area contributed by atoms with Crippen LogP contribution in [0, 0.1) is 0 Å². The highest BCUT2D eigenvalue weighted by Gasteiger charge is 2.22. The molecule has 0 spiro atoms. The molecule has 2 N–H and O–H groups in total. The first-order valence-electron chi connectivity index (χ1n) is 7.23. The van der Waals surface area contributed by atoms with Gasteiger partial charge in [0.2, 0.25) is 0 Å². The number of benzene rings is 1. The summed E-state index contributed by atoms with van der Waals surface area (Å²) in [6.45, 7) is 2.28. The Balaban J connectivity index is 1.93. The molecule has 0 aromatic heterocycles. The van der Waals surface area contributed by atoms with E-state index in [1.54, 1.807) is 6.92 Å². The van der Waals surface area contributed by atoms with Crippen LogP contribution in [0.3, 0.4) is 0 Å². The second-order valence-electron chi connectivity index (χ2n) is 5.63. The molecule has 4 heteroatoms. The van der Waals surface area contributed by atoms with Gasteiger partial charge in [-0.2, -0.15) is 0 Å². The minimum absolute atomic E-state index is 0.126. The van der Waals surface area contributed by atoms with Crippen LogP contribution in [0.5, 0.6) is 0 Å². The zero-order chi connectivity index (χ0) is 14.5. The molecular weight excluding hydrogens is 274 g/mol. The van der Waals surface area contributed by atoms with Crippen LogP contribution in [0.25, 0.3) is 0 Å². The summed E-state index contributed by atoms with van der Waals surface area (Å²) < 4.78 is 0. The Morgan fingerprint density at radius 3 is 2.45 bits per heavy atom. The average Bonchev–Trinajstić information content (AvgIpc) is 2.43. The lowest BCUT2D eigenvalue weighted by Crippen LogP contribution is -2.38. The van der Waals surface area contributed by atoms with Crippen molar-refractivity contribution >= 4 is 17.4 Å². The third-order valence-electron chi connectivity index (χ3n) is 4.07. The molecule has 1 aliphatic rings. The lowest BCUT2D eigenvalue weighted by atomic mass is 9.91. The van der Waals surface area contributed by atoms with Gasteiger partial charge in [0.1, 0.15) is 5.78 Å². The molecule has 0 amide bonds. The van der Waals surface area contributed by atoms with Crippen molar-refractivity contribution < 1.29 is 9.90 Å². The fourth-order valence-electron chi connectivity index (χ4n) is 2.76. The highest BCUT2D eigenvalue weighted by atomic mass is 35.5. The summed E-state index contributed by atoms with van der Waals surface area (Å²) in [5.41, 5.74) is 1.00. The van der Waals surface area contributed by atoms with Gasteiger partial charge in [-0.1, -0.05) is 23.7 Å². The smallest absolute Gasteiger partial charge is 0.138 e. The Hall–Kier alpha value is -0.900. The number of Topliss-reactive ketones (excluding diaryl/α,β-unsaturated/α-hetero) is 1. The van der Waals surface area contributed by atoms with Crippen molar-refractivity contribution in [1.82, 2.24) is 5.32 Å². The predicted octanol–water partition coefficient (Wildman–Crippen LogP) is 2.91. The zero-order valence-electron chi connectivity index (χ0n) is 11.8. The Labute approximate surface area is 125 Å². The van der Waals surface area contributed by atoms with Crippen LogP contribution in [0.4, 0.5) is 0 Å². The molecule has 1 atom stereocenters. The first kappa shape index (κ1) is 15.5. The van der Waals surface area contributed by atoms with E-state index in [1.807, 2.05) is 24.3 Å². The fraction of sp³-hybridized carbons (Fsp3) is 0.562. The summed E-state index contributed by atoms with van der Waals surface area (Å²) in [6, 6.07) is 7.89. The maximum Gasteiger partial charge on any atom is 0.138 e. The Morgan fingerprint density at radius 2 is 1.90 bits per heavy atom. The number of carbonyl (C=O) groups is 1. The number of aliphatic hydroxyl groups is 1. The summed E-state index contributed by atoms with van der Waals surface area (Å²) in [5.74, 6) is 0.0368. The van der Waals surface area contributed by atoms with E-state index in [0.29, 0.717) is 17.6 Å². The topological polar surface area (TPSA) is 49.3 Å². The van der Waals surface area contributed by atoms with Crippen LogP contribution in [0.2, 0.25) is 5.02 Å². The fourth-order valence-corrected chi connectivity index (χ4v) is 2.88. The van der Waals surface area contributed by atoms with E-state index in [0.717, 1.165) is 31.2 Å². The molecule has 0 aliphatic heterocycles. The van der Waals surface area contributed by atoms with E-state index in [-0.39, 0.29) is 17.8 Å². The van der Waals surface area contributed by atoms with Crippen LogP contribution in [-0.2, 0) is 4.79 Å². The van der Waals surface area contributed by atoms with Crippen molar-refractivity contribution in [2.45, 2.75) is 50.7 Å². The second kappa shape index (κ2) is 7.21. The van der Waals surface area contributed by atoms with Crippen molar-refractivity contribution in [2.24, 2.45) is 0 Å². The van der Waals surface area contributed by atoms with E-state index in [1.165, 1.54) is 0 Å². The van der Waals surface area contributed by atoms with E-state index in [9.17, 15) is 9.90 Å². The van der Waals surface area contributed by atoms with Crippen molar-refractivity contribution in [2.75, 3.05) is 6.54 Å². The van der Waals surface area contributed by atoms with Gasteiger partial charge in [-0.25, -0.2) is 0 Å². The predicted molar refractivity (Wildman–Crippen MR) is 81.1 cm³/mol. The highest BCUT2D eigenvalue weighted by molar-refractivity contribution is 6.30. The number of nitrogens with one attached hydrogen (secondary N) is 1. The van der Waals surface area contributed by atoms with E-state index in [4.69, 9.17) is 11.6 Å². The van der Waals surface area contributed by atoms with Gasteiger partial charge in [-0.3, -0.25) is 4.79 Å². The minimum atomic E-state index is -0.145. The molecule has 0 heterocycles. The summed E-state index contributed by atoms with van der Waals surface area (Å²) in [5, 5.41) is 13.7. The number of ketones is 1. The Kier molecular flexibility index (Phi) is 5.58. The standard InChI is InChI=1S/C16H22ClNO2/c1-11(19)16(12-2-4-13(17)5-3-12)10-18-14-6-8-15(20)9-7-14/h2-5,14-16,18,20H,6-10H2,1H3/t14?,15?,16-/m0/s1. The molecular formula is C16H22ClNO2. The first-order chi connectivity index (χ1) is 9.56. The van der Waals surface area contributed by atoms with Crippen LogP contribution < -0.4 is 5.32 Å². The van der Waals surface area contributed by atoms with Gasteiger partial charge in [0.15, 0.2) is 0 Å². The molecule has 1 aliphatic carbocycles. The van der Waals surface area contributed by atoms with Crippen LogP contribution in [0.1, 0.15) is 44.1 Å². The normalized spacial score (nSPS) is 24.4. The van der Waals surface area contributed by atoms with E-state index in [2.05, 4.69) is 5.32 Å². The summed E-state index contributed by atoms with van der Waals surface area (Å²) in [7, 11) is 0. The summed E-state index contributed by atoms with van der Waals surface area (Å²) >= 11 is 5.88. The monoisotopic (exact) mass is 295 g/mol. The Morgan fingerprint density at radius 1 is 1.30 bits per heavy atom. The van der Waals surface area contributed by atoms with Crippen molar-refractivity contribution in [3.63, 3.8) is 0 Å². The maximum absolute atomic E-state index is 11.8. The van der Waals surface area contributed by atoms with Gasteiger partial charge < -0.3 is 10.4 Å². The van der Waals surface area contributed by atoms with E-state index < -0.39 is 0 Å². The summed E-state index contributed by atoms with van der Waals surface area (Å²) in [6.07, 6.45) is 3.51. The van der Waals surface area contributed by atoms with Gasteiger partial charge in [0, 0.05) is 17.6 Å². The molecule has 2 rings (SSSR count). The van der Waals surface area contributed by atoms with Gasteiger partial charge in [-0.15, -0.1) is 0 Å².